The summed E-state index contributed by atoms with van der Waals surface area (Å²) in [4.78, 5) is 16.2. The first-order valence-corrected chi connectivity index (χ1v) is 6.28. The monoisotopic (exact) mass is 233 g/mol. The topological polar surface area (TPSA) is 46.9 Å². The fourth-order valence-electron chi connectivity index (χ4n) is 2.08. The Labute approximate surface area is 101 Å². The number of hydrogen-bond donors (Lipinski definition) is 1. The molecule has 0 amide bonds. The van der Waals surface area contributed by atoms with Crippen molar-refractivity contribution >= 4 is 5.82 Å². The Bertz CT molecular complexity index is 450. The number of hydrogen-bond acceptors (Lipinski definition) is 3. The van der Waals surface area contributed by atoms with Crippen molar-refractivity contribution in [1.82, 2.24) is 9.55 Å². The number of rotatable bonds is 4. The molecule has 1 aliphatic rings. The number of nitrogens with zero attached hydrogens (tertiary/aromatic N) is 2. The molecule has 1 aliphatic carbocycles. The average Bonchev–Trinajstić information content (AvgIpc) is 2.36. The molecule has 92 valence electrons. The zero-order chi connectivity index (χ0) is 12.1. The van der Waals surface area contributed by atoms with E-state index in [9.17, 15) is 4.79 Å². The van der Waals surface area contributed by atoms with E-state index in [2.05, 4.69) is 29.4 Å². The quantitative estimate of drug-likeness (QED) is 0.811. The van der Waals surface area contributed by atoms with Gasteiger partial charge in [-0.15, -0.1) is 0 Å². The Morgan fingerprint density at radius 2 is 2.41 bits per heavy atom. The molecule has 0 saturated carbocycles. The highest BCUT2D eigenvalue weighted by Gasteiger charge is 2.12. The minimum atomic E-state index is -0.0103. The minimum Gasteiger partial charge on any atom is -0.362 e. The second-order valence-electron chi connectivity index (χ2n) is 4.40. The summed E-state index contributed by atoms with van der Waals surface area (Å²) in [6, 6.07) is 0.345. The van der Waals surface area contributed by atoms with Gasteiger partial charge in [0.1, 0.15) is 0 Å². The zero-order valence-corrected chi connectivity index (χ0v) is 10.2. The van der Waals surface area contributed by atoms with Crippen LogP contribution in [-0.4, -0.2) is 15.6 Å². The summed E-state index contributed by atoms with van der Waals surface area (Å²) in [6.45, 7) is 2.81. The standard InChI is InChI=1S/C13H19N3O/c1-2-9-16-10-8-14-12(13(16)17)15-11-6-4-3-5-7-11/h3-4,8,10-11H,2,5-7,9H2,1H3,(H,14,15). The fraction of sp³-hybridized carbons (Fsp3) is 0.538. The molecule has 0 bridgehead atoms. The molecular formula is C13H19N3O. The molecule has 1 heterocycles. The SMILES string of the molecule is CCCn1ccnc(NC2CC=CCC2)c1=O. The van der Waals surface area contributed by atoms with Crippen LogP contribution >= 0.6 is 0 Å². The van der Waals surface area contributed by atoms with E-state index in [1.807, 2.05) is 0 Å². The van der Waals surface area contributed by atoms with Crippen LogP contribution in [0.25, 0.3) is 0 Å². The van der Waals surface area contributed by atoms with Gasteiger partial charge in [-0.05, 0) is 25.7 Å². The molecule has 0 fully saturated rings. The van der Waals surface area contributed by atoms with Crippen molar-refractivity contribution in [3.63, 3.8) is 0 Å². The fourth-order valence-corrected chi connectivity index (χ4v) is 2.08. The largest absolute Gasteiger partial charge is 0.362 e. The van der Waals surface area contributed by atoms with Crippen molar-refractivity contribution in [3.8, 4) is 0 Å². The Hall–Kier alpha value is -1.58. The minimum absolute atomic E-state index is 0.0103. The van der Waals surface area contributed by atoms with Crippen LogP contribution in [0.15, 0.2) is 29.3 Å². The van der Waals surface area contributed by atoms with Gasteiger partial charge >= 0.3 is 0 Å². The predicted octanol–water partition coefficient (Wildman–Crippen LogP) is 2.17. The molecule has 1 aromatic rings. The normalized spacial score (nSPS) is 19.2. The number of allylic oxidation sites excluding steroid dienone is 1. The van der Waals surface area contributed by atoms with Crippen molar-refractivity contribution in [3.05, 3.63) is 34.9 Å². The number of aromatic nitrogens is 2. The lowest BCUT2D eigenvalue weighted by Gasteiger charge is -2.19. The molecule has 0 aromatic carbocycles. The first-order chi connectivity index (χ1) is 8.31. The van der Waals surface area contributed by atoms with Gasteiger partial charge in [-0.1, -0.05) is 19.1 Å². The van der Waals surface area contributed by atoms with Crippen molar-refractivity contribution in [2.24, 2.45) is 0 Å². The summed E-state index contributed by atoms with van der Waals surface area (Å²) < 4.78 is 1.72. The molecule has 1 N–H and O–H groups in total. The third kappa shape index (κ3) is 2.96. The number of anilines is 1. The molecule has 1 aromatic heterocycles. The van der Waals surface area contributed by atoms with Crippen LogP contribution in [0, 0.1) is 0 Å². The molecule has 1 unspecified atom stereocenters. The first-order valence-electron chi connectivity index (χ1n) is 6.28. The lowest BCUT2D eigenvalue weighted by Crippen LogP contribution is -2.29. The Morgan fingerprint density at radius 3 is 3.12 bits per heavy atom. The second kappa shape index (κ2) is 5.66. The molecule has 17 heavy (non-hydrogen) atoms. The maximum atomic E-state index is 12.1. The van der Waals surface area contributed by atoms with E-state index in [1.54, 1.807) is 17.0 Å². The Kier molecular flexibility index (Phi) is 3.96. The van der Waals surface area contributed by atoms with Crippen LogP contribution in [0.5, 0.6) is 0 Å². The first kappa shape index (κ1) is 11.9. The van der Waals surface area contributed by atoms with Gasteiger partial charge in [0.05, 0.1) is 0 Å². The summed E-state index contributed by atoms with van der Waals surface area (Å²) in [7, 11) is 0. The molecule has 0 radical (unpaired) electrons. The highest BCUT2D eigenvalue weighted by Crippen LogP contribution is 2.13. The van der Waals surface area contributed by atoms with Crippen LogP contribution in [0.3, 0.4) is 0 Å². The maximum Gasteiger partial charge on any atom is 0.293 e. The van der Waals surface area contributed by atoms with Crippen LogP contribution in [0.2, 0.25) is 0 Å². The Balaban J connectivity index is 2.12. The molecule has 0 saturated heterocycles. The summed E-state index contributed by atoms with van der Waals surface area (Å²) >= 11 is 0. The van der Waals surface area contributed by atoms with Crippen LogP contribution in [0.1, 0.15) is 32.6 Å². The summed E-state index contributed by atoms with van der Waals surface area (Å²) in [6.07, 6.45) is 11.9. The van der Waals surface area contributed by atoms with E-state index in [0.29, 0.717) is 11.9 Å². The highest BCUT2D eigenvalue weighted by molar-refractivity contribution is 5.32. The van der Waals surface area contributed by atoms with E-state index in [-0.39, 0.29) is 5.56 Å². The second-order valence-corrected chi connectivity index (χ2v) is 4.40. The Morgan fingerprint density at radius 1 is 1.53 bits per heavy atom. The van der Waals surface area contributed by atoms with Crippen LogP contribution < -0.4 is 10.9 Å². The van der Waals surface area contributed by atoms with Gasteiger partial charge in [0.25, 0.3) is 5.56 Å². The van der Waals surface area contributed by atoms with Crippen molar-refractivity contribution < 1.29 is 0 Å². The number of aryl methyl sites for hydroxylation is 1. The van der Waals surface area contributed by atoms with Gasteiger partial charge in [0, 0.05) is 25.0 Å². The molecule has 2 rings (SSSR count). The van der Waals surface area contributed by atoms with Crippen molar-refractivity contribution in [1.29, 1.82) is 0 Å². The van der Waals surface area contributed by atoms with E-state index in [1.165, 1.54) is 0 Å². The van der Waals surface area contributed by atoms with Gasteiger partial charge in [0.15, 0.2) is 5.82 Å². The van der Waals surface area contributed by atoms with E-state index in [4.69, 9.17) is 0 Å². The third-order valence-electron chi connectivity index (χ3n) is 2.99. The lowest BCUT2D eigenvalue weighted by molar-refractivity contribution is 0.624. The molecule has 4 heteroatoms. The smallest absolute Gasteiger partial charge is 0.293 e. The summed E-state index contributed by atoms with van der Waals surface area (Å²) in [5.74, 6) is 0.487. The van der Waals surface area contributed by atoms with Gasteiger partial charge < -0.3 is 9.88 Å². The van der Waals surface area contributed by atoms with Gasteiger partial charge in [0.2, 0.25) is 0 Å². The van der Waals surface area contributed by atoms with Crippen molar-refractivity contribution in [2.45, 2.75) is 45.2 Å². The predicted molar refractivity (Wildman–Crippen MR) is 69.2 cm³/mol. The van der Waals surface area contributed by atoms with E-state index in [0.717, 1.165) is 32.2 Å². The van der Waals surface area contributed by atoms with E-state index >= 15 is 0 Å². The summed E-state index contributed by atoms with van der Waals surface area (Å²) in [5.41, 5.74) is -0.0103. The molecule has 1 atom stereocenters. The number of nitrogens with one attached hydrogen (secondary N) is 1. The maximum absolute atomic E-state index is 12.1. The van der Waals surface area contributed by atoms with Gasteiger partial charge in [-0.25, -0.2) is 4.98 Å². The highest BCUT2D eigenvalue weighted by atomic mass is 16.1. The molecule has 0 aliphatic heterocycles. The molecule has 4 nitrogen and oxygen atoms in total. The third-order valence-corrected chi connectivity index (χ3v) is 2.99. The zero-order valence-electron chi connectivity index (χ0n) is 10.2. The average molecular weight is 233 g/mol. The molecule has 0 spiro atoms. The lowest BCUT2D eigenvalue weighted by atomic mass is 10.0. The van der Waals surface area contributed by atoms with Crippen molar-refractivity contribution in [2.75, 3.05) is 5.32 Å². The van der Waals surface area contributed by atoms with Gasteiger partial charge in [-0.3, -0.25) is 4.79 Å². The summed E-state index contributed by atoms with van der Waals surface area (Å²) in [5, 5.41) is 3.25. The van der Waals surface area contributed by atoms with Gasteiger partial charge in [-0.2, -0.15) is 0 Å². The van der Waals surface area contributed by atoms with Crippen LogP contribution in [-0.2, 0) is 6.54 Å². The van der Waals surface area contributed by atoms with E-state index < -0.39 is 0 Å². The molecular weight excluding hydrogens is 214 g/mol. The van der Waals surface area contributed by atoms with Crippen LogP contribution in [0.4, 0.5) is 5.82 Å².